The zero-order valence-corrected chi connectivity index (χ0v) is 16.8. The molecule has 0 amide bonds. The summed E-state index contributed by atoms with van der Waals surface area (Å²) in [6, 6.07) is 25.2. The molecule has 0 saturated carbocycles. The molecule has 0 unspecified atom stereocenters. The fourth-order valence-corrected chi connectivity index (χ4v) is 4.22. The zero-order chi connectivity index (χ0) is 18.9. The molecule has 2 heterocycles. The van der Waals surface area contributed by atoms with Crippen molar-refractivity contribution in [2.24, 2.45) is 0 Å². The number of benzene rings is 3. The number of rotatable bonds is 0. The molecule has 5 rings (SSSR count). The van der Waals surface area contributed by atoms with E-state index in [2.05, 4.69) is 116 Å². The molecule has 0 saturated heterocycles. The van der Waals surface area contributed by atoms with Crippen molar-refractivity contribution in [3.8, 4) is 0 Å². The summed E-state index contributed by atoms with van der Waals surface area (Å²) in [4.78, 5) is 4.90. The fraction of sp³-hybridized carbons (Fsp3) is 0.167. The molecule has 2 aliphatic rings. The molecule has 0 atom stereocenters. The number of para-hydroxylation sites is 3. The Bertz CT molecular complexity index is 903. The maximum absolute atomic E-state index is 3.42. The van der Waals surface area contributed by atoms with Gasteiger partial charge in [-0.1, -0.05) is 66.4 Å². The molecule has 136 valence electrons. The van der Waals surface area contributed by atoms with Gasteiger partial charge in [0.15, 0.2) is 0 Å². The SMILES string of the molecule is CN1c2ccccc2C=CC1(C)C.c1ccc2c(c1)Nc1ccccc1S2. The van der Waals surface area contributed by atoms with Crippen LogP contribution in [0.25, 0.3) is 6.08 Å². The third kappa shape index (κ3) is 3.60. The minimum Gasteiger partial charge on any atom is -0.366 e. The van der Waals surface area contributed by atoms with E-state index in [-0.39, 0.29) is 5.54 Å². The van der Waals surface area contributed by atoms with Crippen LogP contribution in [0.15, 0.2) is 88.7 Å². The van der Waals surface area contributed by atoms with Crippen molar-refractivity contribution in [2.45, 2.75) is 29.2 Å². The van der Waals surface area contributed by atoms with Crippen LogP contribution in [0.5, 0.6) is 0 Å². The van der Waals surface area contributed by atoms with E-state index in [1.807, 2.05) is 11.8 Å². The molecule has 2 aliphatic heterocycles. The monoisotopic (exact) mass is 372 g/mol. The number of nitrogens with zero attached hydrogens (tertiary/aromatic N) is 1. The van der Waals surface area contributed by atoms with Crippen molar-refractivity contribution < 1.29 is 0 Å². The number of nitrogens with one attached hydrogen (secondary N) is 1. The number of likely N-dealkylation sites (N-methyl/N-ethyl adjacent to an activating group) is 1. The van der Waals surface area contributed by atoms with Gasteiger partial charge in [0.1, 0.15) is 0 Å². The highest BCUT2D eigenvalue weighted by Crippen LogP contribution is 2.43. The van der Waals surface area contributed by atoms with Gasteiger partial charge in [-0.05, 0) is 49.7 Å². The quantitative estimate of drug-likeness (QED) is 0.364. The minimum absolute atomic E-state index is 0.133. The summed E-state index contributed by atoms with van der Waals surface area (Å²) in [5.74, 6) is 0. The van der Waals surface area contributed by atoms with Crippen LogP contribution < -0.4 is 10.2 Å². The first-order valence-corrected chi connectivity index (χ1v) is 10.0. The van der Waals surface area contributed by atoms with Gasteiger partial charge in [-0.25, -0.2) is 0 Å². The smallest absolute Gasteiger partial charge is 0.0528 e. The van der Waals surface area contributed by atoms with Gasteiger partial charge in [0.2, 0.25) is 0 Å². The molecule has 1 N–H and O–H groups in total. The van der Waals surface area contributed by atoms with E-state index in [0.717, 1.165) is 0 Å². The highest BCUT2D eigenvalue weighted by molar-refractivity contribution is 7.99. The van der Waals surface area contributed by atoms with Gasteiger partial charge < -0.3 is 10.2 Å². The minimum atomic E-state index is 0.133. The first-order chi connectivity index (χ1) is 13.0. The van der Waals surface area contributed by atoms with Gasteiger partial charge >= 0.3 is 0 Å². The third-order valence-electron chi connectivity index (χ3n) is 5.10. The number of fused-ring (bicyclic) bond motifs is 3. The Morgan fingerprint density at radius 2 is 1.33 bits per heavy atom. The largest absolute Gasteiger partial charge is 0.366 e. The van der Waals surface area contributed by atoms with Crippen molar-refractivity contribution in [3.63, 3.8) is 0 Å². The summed E-state index contributed by atoms with van der Waals surface area (Å²) in [5.41, 5.74) is 5.17. The lowest BCUT2D eigenvalue weighted by Gasteiger charge is -2.38. The third-order valence-corrected chi connectivity index (χ3v) is 6.25. The van der Waals surface area contributed by atoms with E-state index < -0.39 is 0 Å². The molecule has 3 aromatic carbocycles. The predicted molar refractivity (Wildman–Crippen MR) is 118 cm³/mol. The lowest BCUT2D eigenvalue weighted by Crippen LogP contribution is -2.41. The van der Waals surface area contributed by atoms with Crippen molar-refractivity contribution in [1.29, 1.82) is 0 Å². The molecular weight excluding hydrogens is 348 g/mol. The highest BCUT2D eigenvalue weighted by Gasteiger charge is 2.24. The summed E-state index contributed by atoms with van der Waals surface area (Å²) in [5, 5.41) is 3.42. The molecule has 2 nitrogen and oxygen atoms in total. The van der Waals surface area contributed by atoms with E-state index in [0.29, 0.717) is 0 Å². The maximum atomic E-state index is 3.42. The van der Waals surface area contributed by atoms with Gasteiger partial charge in [0.05, 0.1) is 16.9 Å². The van der Waals surface area contributed by atoms with Crippen LogP contribution in [0.2, 0.25) is 0 Å². The Kier molecular flexibility index (Phi) is 4.71. The molecule has 3 aromatic rings. The average Bonchev–Trinajstić information content (AvgIpc) is 2.70. The van der Waals surface area contributed by atoms with Gasteiger partial charge in [-0.3, -0.25) is 0 Å². The Morgan fingerprint density at radius 3 is 2.00 bits per heavy atom. The molecule has 0 bridgehead atoms. The Hall–Kier alpha value is -2.65. The van der Waals surface area contributed by atoms with Gasteiger partial charge in [-0.15, -0.1) is 0 Å². The van der Waals surface area contributed by atoms with Gasteiger partial charge in [0, 0.05) is 22.5 Å². The predicted octanol–water partition coefficient (Wildman–Crippen LogP) is 6.82. The van der Waals surface area contributed by atoms with E-state index in [1.54, 1.807) is 0 Å². The summed E-state index contributed by atoms with van der Waals surface area (Å²) in [6.07, 6.45) is 4.45. The molecule has 0 aliphatic carbocycles. The summed E-state index contributed by atoms with van der Waals surface area (Å²) in [6.45, 7) is 4.44. The van der Waals surface area contributed by atoms with E-state index in [4.69, 9.17) is 0 Å². The van der Waals surface area contributed by atoms with Crippen LogP contribution in [0, 0.1) is 0 Å². The zero-order valence-electron chi connectivity index (χ0n) is 15.9. The van der Waals surface area contributed by atoms with Crippen LogP contribution in [0.3, 0.4) is 0 Å². The molecule has 0 spiro atoms. The topological polar surface area (TPSA) is 15.3 Å². The first-order valence-electron chi connectivity index (χ1n) is 9.20. The standard InChI is InChI=1S/C12H9NS.C12H15N/c1-3-7-11-9(5-1)13-10-6-2-4-8-12(10)14-11;1-12(2)9-8-10-6-4-5-7-11(10)13(12)3/h1-8,13H;4-9H,1-3H3. The van der Waals surface area contributed by atoms with E-state index in [1.165, 1.54) is 32.4 Å². The second kappa shape index (κ2) is 7.16. The van der Waals surface area contributed by atoms with Crippen LogP contribution in [0.1, 0.15) is 19.4 Å². The van der Waals surface area contributed by atoms with E-state index in [9.17, 15) is 0 Å². The lowest BCUT2D eigenvalue weighted by atomic mass is 9.95. The summed E-state index contributed by atoms with van der Waals surface area (Å²) >= 11 is 1.82. The molecule has 3 heteroatoms. The number of hydrogen-bond acceptors (Lipinski definition) is 3. The second-order valence-corrected chi connectivity index (χ2v) is 8.41. The molecule has 0 radical (unpaired) electrons. The molecular formula is C24H24N2S. The normalized spacial score (nSPS) is 15.4. The van der Waals surface area contributed by atoms with Crippen molar-refractivity contribution in [2.75, 3.05) is 17.3 Å². The Labute approximate surface area is 165 Å². The van der Waals surface area contributed by atoms with Crippen LogP contribution in [-0.2, 0) is 0 Å². The second-order valence-electron chi connectivity index (χ2n) is 7.32. The lowest BCUT2D eigenvalue weighted by molar-refractivity contribution is 0.600. The van der Waals surface area contributed by atoms with Crippen LogP contribution in [0.4, 0.5) is 17.1 Å². The molecule has 0 fully saturated rings. The van der Waals surface area contributed by atoms with Gasteiger partial charge in [0.25, 0.3) is 0 Å². The summed E-state index contributed by atoms with van der Waals surface area (Å²) < 4.78 is 0. The summed E-state index contributed by atoms with van der Waals surface area (Å²) in [7, 11) is 2.14. The van der Waals surface area contributed by atoms with Gasteiger partial charge in [-0.2, -0.15) is 0 Å². The first kappa shape index (κ1) is 17.7. The number of hydrogen-bond donors (Lipinski definition) is 1. The Balaban J connectivity index is 0.000000134. The molecule has 0 aromatic heterocycles. The van der Waals surface area contributed by atoms with Crippen molar-refractivity contribution in [3.05, 3.63) is 84.4 Å². The maximum Gasteiger partial charge on any atom is 0.0528 e. The van der Waals surface area contributed by atoms with E-state index >= 15 is 0 Å². The van der Waals surface area contributed by atoms with Crippen molar-refractivity contribution in [1.82, 2.24) is 0 Å². The molecule has 27 heavy (non-hydrogen) atoms. The number of anilines is 3. The van der Waals surface area contributed by atoms with Crippen LogP contribution in [-0.4, -0.2) is 12.6 Å². The van der Waals surface area contributed by atoms with Crippen molar-refractivity contribution >= 4 is 34.9 Å². The average molecular weight is 373 g/mol. The fourth-order valence-electron chi connectivity index (χ4n) is 3.23. The highest BCUT2D eigenvalue weighted by atomic mass is 32.2. The Morgan fingerprint density at radius 1 is 0.778 bits per heavy atom. The van der Waals surface area contributed by atoms with Crippen LogP contribution >= 0.6 is 11.8 Å².